The van der Waals surface area contributed by atoms with Gasteiger partial charge in [0.2, 0.25) is 0 Å². The minimum Gasteiger partial charge on any atom is -0.393 e. The number of aromatic nitrogens is 3. The molecule has 174 valence electrons. The maximum Gasteiger partial charge on any atom is 0.352 e. The van der Waals surface area contributed by atoms with E-state index in [1.54, 1.807) is 0 Å². The molecule has 1 heterocycles. The van der Waals surface area contributed by atoms with E-state index in [0.717, 1.165) is 47.5 Å². The second-order valence-electron chi connectivity index (χ2n) is 8.92. The second-order valence-corrected chi connectivity index (χ2v) is 9.32. The molecule has 3 N–H and O–H groups in total. The number of aliphatic hydroxyl groups excluding tert-OH is 1. The van der Waals surface area contributed by atoms with Crippen LogP contribution in [-0.4, -0.2) is 48.7 Å². The highest BCUT2D eigenvalue weighted by Crippen LogP contribution is 2.24. The molecule has 1 unspecified atom stereocenters. The van der Waals surface area contributed by atoms with Crippen molar-refractivity contribution in [2.45, 2.75) is 64.2 Å². The number of hydrogen-bond donors (Lipinski definition) is 3. The average Bonchev–Trinajstić information content (AvgIpc) is 2.93. The zero-order chi connectivity index (χ0) is 23.5. The molecule has 2 aromatic rings. The van der Waals surface area contributed by atoms with Crippen molar-refractivity contribution in [3.8, 4) is 5.69 Å². The van der Waals surface area contributed by atoms with Gasteiger partial charge in [0.05, 0.1) is 34.5 Å². The molecule has 0 spiro atoms. The highest BCUT2D eigenvalue weighted by Gasteiger charge is 2.23. The average molecular weight is 465 g/mol. The lowest BCUT2D eigenvalue weighted by atomic mass is 9.97. The largest absolute Gasteiger partial charge is 0.393 e. The van der Waals surface area contributed by atoms with Gasteiger partial charge in [-0.15, -0.1) is 0 Å². The van der Waals surface area contributed by atoms with Crippen LogP contribution in [0.1, 0.15) is 56.3 Å². The quantitative estimate of drug-likeness (QED) is 0.556. The fraction of sp³-hybridized carbons (Fsp3) is 0.545. The van der Waals surface area contributed by atoms with Gasteiger partial charge in [0.15, 0.2) is 0 Å². The highest BCUT2D eigenvalue weighted by atomic mass is 35.5. The molecule has 2 atom stereocenters. The van der Waals surface area contributed by atoms with E-state index in [9.17, 15) is 24.6 Å². The number of amides is 1. The van der Waals surface area contributed by atoms with Crippen molar-refractivity contribution in [1.29, 1.82) is 0 Å². The van der Waals surface area contributed by atoms with Crippen LogP contribution in [0.2, 0.25) is 5.02 Å². The van der Waals surface area contributed by atoms with Crippen molar-refractivity contribution >= 4 is 17.5 Å². The zero-order valence-electron chi connectivity index (χ0n) is 18.3. The summed E-state index contributed by atoms with van der Waals surface area (Å²) in [5.41, 5.74) is -2.25. The Morgan fingerprint density at radius 1 is 1.25 bits per heavy atom. The van der Waals surface area contributed by atoms with E-state index >= 15 is 0 Å². The summed E-state index contributed by atoms with van der Waals surface area (Å²) in [7, 11) is 0. The summed E-state index contributed by atoms with van der Waals surface area (Å²) in [6.45, 7) is 3.09. The monoisotopic (exact) mass is 464 g/mol. The summed E-state index contributed by atoms with van der Waals surface area (Å²) < 4.78 is 1.87. The molecule has 1 aliphatic rings. The van der Waals surface area contributed by atoms with Crippen molar-refractivity contribution in [1.82, 2.24) is 19.7 Å². The molecule has 32 heavy (non-hydrogen) atoms. The maximum atomic E-state index is 12.8. The number of nitrogens with zero attached hydrogens (tertiary/aromatic N) is 3. The fourth-order valence-electron chi connectivity index (χ4n) is 3.89. The molecule has 1 fully saturated rings. The number of carbonyl (C=O) groups excluding carboxylic acids is 1. The number of carbonyl (C=O) groups is 1. The summed E-state index contributed by atoms with van der Waals surface area (Å²) in [6.07, 6.45) is 5.18. The van der Waals surface area contributed by atoms with E-state index in [0.29, 0.717) is 6.54 Å². The smallest absolute Gasteiger partial charge is 0.352 e. The van der Waals surface area contributed by atoms with Crippen LogP contribution in [0.25, 0.3) is 5.69 Å². The molecule has 10 heteroatoms. The first kappa shape index (κ1) is 24.2. The van der Waals surface area contributed by atoms with E-state index in [1.807, 2.05) is 0 Å². The third-order valence-corrected chi connectivity index (χ3v) is 5.92. The van der Waals surface area contributed by atoms with E-state index in [-0.39, 0.29) is 28.7 Å². The number of nitrogens with one attached hydrogen (secondary N) is 1. The van der Waals surface area contributed by atoms with E-state index in [2.05, 4.69) is 10.4 Å². The summed E-state index contributed by atoms with van der Waals surface area (Å²) >= 11 is 6.23. The lowest BCUT2D eigenvalue weighted by Gasteiger charge is -2.21. The third-order valence-electron chi connectivity index (χ3n) is 5.59. The van der Waals surface area contributed by atoms with Crippen LogP contribution >= 0.6 is 11.6 Å². The van der Waals surface area contributed by atoms with Gasteiger partial charge in [0, 0.05) is 12.5 Å². The molecular weight excluding hydrogens is 436 g/mol. The second kappa shape index (κ2) is 9.97. The maximum absolute atomic E-state index is 12.8. The van der Waals surface area contributed by atoms with Crippen LogP contribution in [0.15, 0.2) is 34.0 Å². The summed E-state index contributed by atoms with van der Waals surface area (Å²) in [5.74, 6) is -0.441. The van der Waals surface area contributed by atoms with Crippen molar-refractivity contribution in [3.05, 3.63) is 55.8 Å². The number of hydrogen-bond acceptors (Lipinski definition) is 6. The van der Waals surface area contributed by atoms with Crippen molar-refractivity contribution in [3.63, 3.8) is 0 Å². The molecule has 9 nitrogen and oxygen atoms in total. The molecule has 1 aromatic carbocycles. The molecular formula is C22H29ClN4O5. The van der Waals surface area contributed by atoms with E-state index < -0.39 is 28.9 Å². The van der Waals surface area contributed by atoms with Crippen LogP contribution in [-0.2, 0) is 6.54 Å². The molecule has 1 aliphatic carbocycles. The lowest BCUT2D eigenvalue weighted by Crippen LogP contribution is -2.45. The van der Waals surface area contributed by atoms with Gasteiger partial charge in [-0.3, -0.25) is 14.2 Å². The zero-order valence-corrected chi connectivity index (χ0v) is 19.0. The van der Waals surface area contributed by atoms with Crippen LogP contribution < -0.4 is 16.6 Å². The molecule has 0 aliphatic heterocycles. The standard InChI is InChI=1S/C22H29ClN4O5/c1-22(2,32)13-26-19(29)12-25-27(21(26)31)15-8-9-17(23)16(10-15)20(30)24-11-14-6-4-3-5-7-18(14)28/h8-10,12,14,18,28,32H,3-7,11,13H2,1-2H3,(H,24,30)/t14?,18-/m1/s1. The van der Waals surface area contributed by atoms with Gasteiger partial charge in [-0.1, -0.05) is 30.9 Å². The topological polar surface area (TPSA) is 126 Å². The van der Waals surface area contributed by atoms with Crippen molar-refractivity contribution < 1.29 is 15.0 Å². The normalized spacial score (nSPS) is 19.4. The minimum atomic E-state index is -1.28. The summed E-state index contributed by atoms with van der Waals surface area (Å²) in [6, 6.07) is 4.42. The molecule has 1 aromatic heterocycles. The molecule has 1 saturated carbocycles. The van der Waals surface area contributed by atoms with Gasteiger partial charge >= 0.3 is 5.69 Å². The number of rotatable bonds is 6. The Balaban J connectivity index is 1.86. The molecule has 0 bridgehead atoms. The fourth-order valence-corrected chi connectivity index (χ4v) is 4.09. The molecule has 0 radical (unpaired) electrons. The SMILES string of the molecule is CC(C)(O)Cn1c(=O)cnn(-c2ccc(Cl)c(C(=O)NCC3CCCCC[C@H]3O)c2)c1=O. The molecule has 1 amide bonds. The predicted molar refractivity (Wildman–Crippen MR) is 120 cm³/mol. The van der Waals surface area contributed by atoms with Crippen molar-refractivity contribution in [2.75, 3.05) is 6.54 Å². The first-order valence-electron chi connectivity index (χ1n) is 10.7. The molecule has 3 rings (SSSR count). The van der Waals surface area contributed by atoms with E-state index in [1.165, 1.54) is 32.0 Å². The number of aliphatic hydroxyl groups is 2. The number of benzene rings is 1. The Morgan fingerprint density at radius 3 is 2.69 bits per heavy atom. The van der Waals surface area contributed by atoms with Gasteiger partial charge in [-0.2, -0.15) is 9.78 Å². The Morgan fingerprint density at radius 2 is 1.97 bits per heavy atom. The third kappa shape index (κ3) is 5.85. The minimum absolute atomic E-state index is 0.0157. The lowest BCUT2D eigenvalue weighted by molar-refractivity contribution is 0.0585. The van der Waals surface area contributed by atoms with Gasteiger partial charge in [-0.25, -0.2) is 4.79 Å². The summed E-state index contributed by atoms with van der Waals surface area (Å²) in [5, 5.41) is 27.2. The highest BCUT2D eigenvalue weighted by molar-refractivity contribution is 6.33. The van der Waals surface area contributed by atoms with E-state index in [4.69, 9.17) is 11.6 Å². The van der Waals surface area contributed by atoms with Crippen LogP contribution in [0, 0.1) is 5.92 Å². The predicted octanol–water partition coefficient (Wildman–Crippen LogP) is 1.49. The first-order chi connectivity index (χ1) is 15.1. The van der Waals surface area contributed by atoms with Crippen LogP contribution in [0.4, 0.5) is 0 Å². The first-order valence-corrected chi connectivity index (χ1v) is 11.1. The summed E-state index contributed by atoms with van der Waals surface area (Å²) in [4.78, 5) is 37.7. The van der Waals surface area contributed by atoms with Gasteiger partial charge in [-0.05, 0) is 44.9 Å². The molecule has 0 saturated heterocycles. The Bertz CT molecular complexity index is 1090. The van der Waals surface area contributed by atoms with Crippen LogP contribution in [0.5, 0.6) is 0 Å². The van der Waals surface area contributed by atoms with Gasteiger partial charge in [0.25, 0.3) is 11.5 Å². The Hall–Kier alpha value is -2.49. The van der Waals surface area contributed by atoms with Gasteiger partial charge in [0.1, 0.15) is 6.20 Å². The van der Waals surface area contributed by atoms with Gasteiger partial charge < -0.3 is 15.5 Å². The Kier molecular flexibility index (Phi) is 7.53. The Labute approximate surface area is 190 Å². The van der Waals surface area contributed by atoms with Crippen LogP contribution in [0.3, 0.4) is 0 Å². The van der Waals surface area contributed by atoms with Crippen molar-refractivity contribution in [2.24, 2.45) is 5.92 Å². The number of halogens is 1.